The fraction of sp³-hybridized carbons (Fsp3) is 0.667. The second-order valence-electron chi connectivity index (χ2n) is 2.77. The standard InChI is InChI=1S/C7H11N3.C2H6/c8-7-5-3-1-2-4-6(5)9-10-7;1-2/h1-4H2,(H3,8,9,10);1-2H3. The summed E-state index contributed by atoms with van der Waals surface area (Å²) in [5.74, 6) is 0.703. The molecule has 12 heavy (non-hydrogen) atoms. The molecular weight excluding hydrogens is 150 g/mol. The third-order valence-electron chi connectivity index (χ3n) is 2.09. The van der Waals surface area contributed by atoms with Crippen molar-refractivity contribution in [2.75, 3.05) is 5.73 Å². The maximum Gasteiger partial charge on any atom is 0.148 e. The van der Waals surface area contributed by atoms with Gasteiger partial charge in [0.2, 0.25) is 0 Å². The number of fused-ring (bicyclic) bond motifs is 1. The van der Waals surface area contributed by atoms with Gasteiger partial charge in [-0.1, -0.05) is 13.8 Å². The smallest absolute Gasteiger partial charge is 0.148 e. The highest BCUT2D eigenvalue weighted by atomic mass is 15.2. The quantitative estimate of drug-likeness (QED) is 0.620. The normalized spacial score (nSPS) is 14.5. The Balaban J connectivity index is 0.000000336. The summed E-state index contributed by atoms with van der Waals surface area (Å²) in [4.78, 5) is 0. The van der Waals surface area contributed by atoms with Gasteiger partial charge in [0.25, 0.3) is 0 Å². The van der Waals surface area contributed by atoms with E-state index >= 15 is 0 Å². The summed E-state index contributed by atoms with van der Waals surface area (Å²) in [6.07, 6.45) is 4.77. The van der Waals surface area contributed by atoms with Crippen molar-refractivity contribution in [2.24, 2.45) is 0 Å². The highest BCUT2D eigenvalue weighted by molar-refractivity contribution is 5.42. The molecule has 0 fully saturated rings. The van der Waals surface area contributed by atoms with Gasteiger partial charge in [-0.2, -0.15) is 5.10 Å². The number of nitrogen functional groups attached to an aromatic ring is 1. The zero-order valence-electron chi connectivity index (χ0n) is 7.85. The molecule has 68 valence electrons. The monoisotopic (exact) mass is 167 g/mol. The van der Waals surface area contributed by atoms with Crippen LogP contribution in [0.4, 0.5) is 5.82 Å². The van der Waals surface area contributed by atoms with Gasteiger partial charge in [0, 0.05) is 11.3 Å². The van der Waals surface area contributed by atoms with Gasteiger partial charge in [-0.15, -0.1) is 0 Å². The minimum atomic E-state index is 0.703. The van der Waals surface area contributed by atoms with Crippen molar-refractivity contribution in [3.8, 4) is 0 Å². The highest BCUT2D eigenvalue weighted by Gasteiger charge is 2.13. The zero-order chi connectivity index (χ0) is 8.97. The van der Waals surface area contributed by atoms with E-state index in [1.807, 2.05) is 13.8 Å². The first-order chi connectivity index (χ1) is 5.88. The van der Waals surface area contributed by atoms with Gasteiger partial charge in [0.15, 0.2) is 0 Å². The van der Waals surface area contributed by atoms with Crippen molar-refractivity contribution in [1.29, 1.82) is 0 Å². The summed E-state index contributed by atoms with van der Waals surface area (Å²) in [5, 5.41) is 6.90. The molecule has 1 aromatic heterocycles. The SMILES string of the molecule is CC.Nc1n[nH]c2c1CCCC2. The number of rotatable bonds is 0. The predicted molar refractivity (Wildman–Crippen MR) is 51.0 cm³/mol. The fourth-order valence-electron chi connectivity index (χ4n) is 1.51. The Kier molecular flexibility index (Phi) is 3.14. The maximum absolute atomic E-state index is 5.62. The Labute approximate surface area is 73.4 Å². The molecule has 3 nitrogen and oxygen atoms in total. The van der Waals surface area contributed by atoms with E-state index in [1.54, 1.807) is 0 Å². The average Bonchev–Trinajstić information content (AvgIpc) is 2.53. The van der Waals surface area contributed by atoms with Crippen molar-refractivity contribution in [3.63, 3.8) is 0 Å². The molecule has 2 rings (SSSR count). The van der Waals surface area contributed by atoms with Crippen LogP contribution in [0.15, 0.2) is 0 Å². The van der Waals surface area contributed by atoms with Gasteiger partial charge in [0.05, 0.1) is 0 Å². The molecule has 3 heteroatoms. The molecule has 0 aromatic carbocycles. The lowest BCUT2D eigenvalue weighted by atomic mass is 9.98. The number of aromatic amines is 1. The van der Waals surface area contributed by atoms with Crippen LogP contribution in [0.25, 0.3) is 0 Å². The average molecular weight is 167 g/mol. The summed E-state index contributed by atoms with van der Waals surface area (Å²) in [5.41, 5.74) is 8.13. The molecule has 3 N–H and O–H groups in total. The number of aryl methyl sites for hydroxylation is 1. The first kappa shape index (κ1) is 9.10. The summed E-state index contributed by atoms with van der Waals surface area (Å²) in [6, 6.07) is 0. The molecule has 1 aromatic rings. The highest BCUT2D eigenvalue weighted by Crippen LogP contribution is 2.22. The van der Waals surface area contributed by atoms with E-state index in [-0.39, 0.29) is 0 Å². The van der Waals surface area contributed by atoms with Crippen LogP contribution >= 0.6 is 0 Å². The number of nitrogens with two attached hydrogens (primary N) is 1. The van der Waals surface area contributed by atoms with Crippen molar-refractivity contribution in [1.82, 2.24) is 10.2 Å². The Morgan fingerprint density at radius 2 is 1.92 bits per heavy atom. The number of nitrogens with zero attached hydrogens (tertiary/aromatic N) is 1. The van der Waals surface area contributed by atoms with Crippen molar-refractivity contribution >= 4 is 5.82 Å². The molecule has 1 heterocycles. The fourth-order valence-corrected chi connectivity index (χ4v) is 1.51. The molecule has 0 saturated carbocycles. The van der Waals surface area contributed by atoms with Gasteiger partial charge in [-0.25, -0.2) is 0 Å². The minimum Gasteiger partial charge on any atom is -0.382 e. The first-order valence-electron chi connectivity index (χ1n) is 4.69. The summed E-state index contributed by atoms with van der Waals surface area (Å²) in [7, 11) is 0. The molecular formula is C9H17N3. The van der Waals surface area contributed by atoms with E-state index in [9.17, 15) is 0 Å². The lowest BCUT2D eigenvalue weighted by Crippen LogP contribution is -2.01. The third-order valence-corrected chi connectivity index (χ3v) is 2.09. The van der Waals surface area contributed by atoms with Gasteiger partial charge < -0.3 is 5.73 Å². The molecule has 1 aliphatic carbocycles. The Morgan fingerprint density at radius 1 is 1.25 bits per heavy atom. The zero-order valence-corrected chi connectivity index (χ0v) is 7.85. The van der Waals surface area contributed by atoms with Crippen LogP contribution in [-0.2, 0) is 12.8 Å². The molecule has 0 amide bonds. The molecule has 0 aliphatic heterocycles. The van der Waals surface area contributed by atoms with E-state index in [2.05, 4.69) is 10.2 Å². The van der Waals surface area contributed by atoms with E-state index in [1.165, 1.54) is 24.1 Å². The van der Waals surface area contributed by atoms with Gasteiger partial charge >= 0.3 is 0 Å². The van der Waals surface area contributed by atoms with Crippen molar-refractivity contribution in [2.45, 2.75) is 39.5 Å². The number of hydrogen-bond acceptors (Lipinski definition) is 2. The summed E-state index contributed by atoms with van der Waals surface area (Å²) in [6.45, 7) is 4.00. The second-order valence-corrected chi connectivity index (χ2v) is 2.77. The number of nitrogens with one attached hydrogen (secondary N) is 1. The van der Waals surface area contributed by atoms with Crippen LogP contribution in [0.3, 0.4) is 0 Å². The lowest BCUT2D eigenvalue weighted by Gasteiger charge is -2.08. The number of aromatic nitrogens is 2. The van der Waals surface area contributed by atoms with Crippen LogP contribution in [-0.4, -0.2) is 10.2 Å². The Hall–Kier alpha value is -0.990. The van der Waals surface area contributed by atoms with Crippen molar-refractivity contribution in [3.05, 3.63) is 11.3 Å². The van der Waals surface area contributed by atoms with Crippen LogP contribution in [0, 0.1) is 0 Å². The van der Waals surface area contributed by atoms with Gasteiger partial charge in [-0.3, -0.25) is 5.10 Å². The maximum atomic E-state index is 5.62. The molecule has 0 atom stereocenters. The Bertz CT molecular complexity index is 240. The van der Waals surface area contributed by atoms with E-state index in [0.717, 1.165) is 12.8 Å². The van der Waals surface area contributed by atoms with Crippen LogP contribution in [0.2, 0.25) is 0 Å². The van der Waals surface area contributed by atoms with E-state index in [0.29, 0.717) is 5.82 Å². The summed E-state index contributed by atoms with van der Waals surface area (Å²) < 4.78 is 0. The molecule has 0 radical (unpaired) electrons. The topological polar surface area (TPSA) is 54.7 Å². The van der Waals surface area contributed by atoms with Crippen LogP contribution in [0.5, 0.6) is 0 Å². The largest absolute Gasteiger partial charge is 0.382 e. The molecule has 0 spiro atoms. The summed E-state index contributed by atoms with van der Waals surface area (Å²) >= 11 is 0. The van der Waals surface area contributed by atoms with Gasteiger partial charge in [0.1, 0.15) is 5.82 Å². The number of H-pyrrole nitrogens is 1. The molecule has 1 aliphatic rings. The van der Waals surface area contributed by atoms with Crippen LogP contribution in [0.1, 0.15) is 37.9 Å². The third kappa shape index (κ3) is 1.60. The molecule has 0 saturated heterocycles. The number of hydrogen-bond donors (Lipinski definition) is 2. The predicted octanol–water partition coefficient (Wildman–Crippen LogP) is 1.90. The lowest BCUT2D eigenvalue weighted by molar-refractivity contribution is 0.675. The molecule has 0 unspecified atom stereocenters. The minimum absolute atomic E-state index is 0.703. The Morgan fingerprint density at radius 3 is 2.58 bits per heavy atom. The van der Waals surface area contributed by atoms with Gasteiger partial charge in [-0.05, 0) is 25.7 Å². The van der Waals surface area contributed by atoms with Crippen molar-refractivity contribution < 1.29 is 0 Å². The second kappa shape index (κ2) is 4.14. The molecule has 0 bridgehead atoms. The first-order valence-corrected chi connectivity index (χ1v) is 4.69. The van der Waals surface area contributed by atoms with E-state index in [4.69, 9.17) is 5.73 Å². The van der Waals surface area contributed by atoms with E-state index < -0.39 is 0 Å². The van der Waals surface area contributed by atoms with Crippen LogP contribution < -0.4 is 5.73 Å². The number of anilines is 1.